The Hall–Kier alpha value is -0.610. The van der Waals surface area contributed by atoms with Crippen LogP contribution in [0.25, 0.3) is 0 Å². The van der Waals surface area contributed by atoms with Crippen LogP contribution in [0.3, 0.4) is 0 Å². The van der Waals surface area contributed by atoms with Crippen molar-refractivity contribution in [2.24, 2.45) is 5.73 Å². The van der Waals surface area contributed by atoms with Gasteiger partial charge in [0.15, 0.2) is 0 Å². The molecule has 4 heteroatoms. The van der Waals surface area contributed by atoms with E-state index in [0.29, 0.717) is 17.0 Å². The van der Waals surface area contributed by atoms with Crippen molar-refractivity contribution in [1.29, 1.82) is 0 Å². The van der Waals surface area contributed by atoms with Gasteiger partial charge < -0.3 is 5.73 Å². The first-order valence-electron chi connectivity index (χ1n) is 5.86. The third-order valence-corrected chi connectivity index (χ3v) is 4.48. The van der Waals surface area contributed by atoms with Crippen LogP contribution in [0.2, 0.25) is 0 Å². The molecule has 17 heavy (non-hydrogen) atoms. The van der Waals surface area contributed by atoms with E-state index in [1.807, 2.05) is 0 Å². The maximum Gasteiger partial charge on any atom is 0.140 e. The molecule has 0 radical (unpaired) electrons. The smallest absolute Gasteiger partial charge is 0.140 e. The first kappa shape index (κ1) is 12.8. The van der Waals surface area contributed by atoms with E-state index in [1.54, 1.807) is 6.26 Å². The van der Waals surface area contributed by atoms with Crippen LogP contribution >= 0.6 is 11.8 Å². The van der Waals surface area contributed by atoms with Gasteiger partial charge in [-0.05, 0) is 36.8 Å². The van der Waals surface area contributed by atoms with Crippen LogP contribution in [0.4, 0.5) is 8.78 Å². The number of hydrogen-bond acceptors (Lipinski definition) is 2. The minimum Gasteiger partial charge on any atom is -0.330 e. The SMILES string of the molecule is CSc1cc(F)cc(C2(CN)CCCC2)c1F. The first-order chi connectivity index (χ1) is 8.13. The fourth-order valence-electron chi connectivity index (χ4n) is 2.73. The van der Waals surface area contributed by atoms with E-state index in [9.17, 15) is 8.78 Å². The molecule has 0 bridgehead atoms. The summed E-state index contributed by atoms with van der Waals surface area (Å²) in [5.74, 6) is -0.656. The quantitative estimate of drug-likeness (QED) is 0.839. The third kappa shape index (κ3) is 2.20. The normalized spacial score (nSPS) is 18.6. The summed E-state index contributed by atoms with van der Waals surface area (Å²) in [6, 6.07) is 2.58. The van der Waals surface area contributed by atoms with Crippen LogP contribution in [0.5, 0.6) is 0 Å². The number of benzene rings is 1. The molecule has 0 aromatic heterocycles. The maximum absolute atomic E-state index is 14.3. The van der Waals surface area contributed by atoms with Gasteiger partial charge in [0.25, 0.3) is 0 Å². The number of nitrogens with two attached hydrogens (primary N) is 1. The highest BCUT2D eigenvalue weighted by molar-refractivity contribution is 7.98. The third-order valence-electron chi connectivity index (χ3n) is 3.75. The van der Waals surface area contributed by atoms with Crippen LogP contribution in [-0.4, -0.2) is 12.8 Å². The molecule has 1 saturated carbocycles. The molecule has 0 spiro atoms. The number of halogens is 2. The monoisotopic (exact) mass is 257 g/mol. The second kappa shape index (κ2) is 4.94. The molecule has 1 fully saturated rings. The summed E-state index contributed by atoms with van der Waals surface area (Å²) in [6.07, 6.45) is 5.56. The lowest BCUT2D eigenvalue weighted by Crippen LogP contribution is -2.33. The second-order valence-corrected chi connectivity index (χ2v) is 5.51. The average Bonchev–Trinajstić information content (AvgIpc) is 2.81. The van der Waals surface area contributed by atoms with Gasteiger partial charge in [-0.15, -0.1) is 11.8 Å². The Balaban J connectivity index is 2.53. The van der Waals surface area contributed by atoms with Crippen molar-refractivity contribution in [1.82, 2.24) is 0 Å². The molecular weight excluding hydrogens is 240 g/mol. The highest BCUT2D eigenvalue weighted by atomic mass is 32.2. The second-order valence-electron chi connectivity index (χ2n) is 4.66. The minimum atomic E-state index is -0.370. The Labute approximate surface area is 105 Å². The Morgan fingerprint density at radius 1 is 1.29 bits per heavy atom. The lowest BCUT2D eigenvalue weighted by atomic mass is 9.78. The van der Waals surface area contributed by atoms with Crippen LogP contribution < -0.4 is 5.73 Å². The van der Waals surface area contributed by atoms with Crippen molar-refractivity contribution in [2.45, 2.75) is 36.0 Å². The van der Waals surface area contributed by atoms with E-state index >= 15 is 0 Å². The van der Waals surface area contributed by atoms with Crippen molar-refractivity contribution in [3.63, 3.8) is 0 Å². The summed E-state index contributed by atoms with van der Waals surface area (Å²) < 4.78 is 27.8. The van der Waals surface area contributed by atoms with Gasteiger partial charge in [-0.25, -0.2) is 8.78 Å². The fraction of sp³-hybridized carbons (Fsp3) is 0.538. The van der Waals surface area contributed by atoms with Gasteiger partial charge in [-0.3, -0.25) is 0 Å². The molecule has 0 saturated heterocycles. The lowest BCUT2D eigenvalue weighted by Gasteiger charge is -2.28. The summed E-state index contributed by atoms with van der Waals surface area (Å²) in [6.45, 7) is 0.390. The highest BCUT2D eigenvalue weighted by Crippen LogP contribution is 2.43. The van der Waals surface area contributed by atoms with Crippen molar-refractivity contribution >= 4 is 11.8 Å². The van der Waals surface area contributed by atoms with E-state index < -0.39 is 0 Å². The Bertz CT molecular complexity index is 414. The van der Waals surface area contributed by atoms with Crippen molar-refractivity contribution in [3.8, 4) is 0 Å². The highest BCUT2D eigenvalue weighted by Gasteiger charge is 2.37. The van der Waals surface area contributed by atoms with E-state index in [4.69, 9.17) is 5.73 Å². The minimum absolute atomic E-state index is 0.286. The van der Waals surface area contributed by atoms with Gasteiger partial charge >= 0.3 is 0 Å². The summed E-state index contributed by atoms with van der Waals surface area (Å²) in [7, 11) is 0. The summed E-state index contributed by atoms with van der Waals surface area (Å²) in [4.78, 5) is 0.375. The van der Waals surface area contributed by atoms with Gasteiger partial charge in [0.05, 0.1) is 0 Å². The predicted molar refractivity (Wildman–Crippen MR) is 67.3 cm³/mol. The van der Waals surface area contributed by atoms with E-state index in [-0.39, 0.29) is 17.0 Å². The molecular formula is C13H17F2NS. The molecule has 94 valence electrons. The molecule has 1 aromatic rings. The molecule has 2 rings (SSSR count). The van der Waals surface area contributed by atoms with Crippen LogP contribution in [0.15, 0.2) is 17.0 Å². The van der Waals surface area contributed by atoms with Crippen molar-refractivity contribution in [3.05, 3.63) is 29.3 Å². The Morgan fingerprint density at radius 2 is 1.94 bits per heavy atom. The van der Waals surface area contributed by atoms with E-state index in [0.717, 1.165) is 25.7 Å². The predicted octanol–water partition coefficient (Wildman–Crippen LogP) is 3.46. The lowest BCUT2D eigenvalue weighted by molar-refractivity contribution is 0.416. The van der Waals surface area contributed by atoms with E-state index in [2.05, 4.69) is 0 Å². The number of rotatable bonds is 3. The van der Waals surface area contributed by atoms with Gasteiger partial charge in [-0.2, -0.15) is 0 Å². The summed E-state index contributed by atoms with van der Waals surface area (Å²) in [5, 5.41) is 0. The number of thioether (sulfide) groups is 1. The topological polar surface area (TPSA) is 26.0 Å². The Morgan fingerprint density at radius 3 is 2.47 bits per heavy atom. The fourth-order valence-corrected chi connectivity index (χ4v) is 3.25. The standard InChI is InChI=1S/C13H17F2NS/c1-17-11-7-9(14)6-10(12(11)15)13(8-16)4-2-3-5-13/h6-7H,2-5,8,16H2,1H3. The van der Waals surface area contributed by atoms with E-state index in [1.165, 1.54) is 23.9 Å². The molecule has 1 nitrogen and oxygen atoms in total. The van der Waals surface area contributed by atoms with Crippen LogP contribution in [0.1, 0.15) is 31.2 Å². The molecule has 0 atom stereocenters. The molecule has 1 aliphatic carbocycles. The van der Waals surface area contributed by atoms with Gasteiger partial charge in [0.2, 0.25) is 0 Å². The maximum atomic E-state index is 14.3. The number of hydrogen-bond donors (Lipinski definition) is 1. The van der Waals surface area contributed by atoms with Crippen LogP contribution in [-0.2, 0) is 5.41 Å². The molecule has 0 amide bonds. The molecule has 1 aromatic carbocycles. The van der Waals surface area contributed by atoms with Crippen LogP contribution in [0, 0.1) is 11.6 Å². The molecule has 0 unspecified atom stereocenters. The zero-order chi connectivity index (χ0) is 12.5. The molecule has 0 heterocycles. The van der Waals surface area contributed by atoms with Crippen molar-refractivity contribution < 1.29 is 8.78 Å². The van der Waals surface area contributed by atoms with Crippen molar-refractivity contribution in [2.75, 3.05) is 12.8 Å². The Kier molecular flexibility index (Phi) is 3.73. The van der Waals surface area contributed by atoms with Gasteiger partial charge in [-0.1, -0.05) is 12.8 Å². The molecule has 0 aliphatic heterocycles. The first-order valence-corrected chi connectivity index (χ1v) is 7.09. The summed E-state index contributed by atoms with van der Waals surface area (Å²) in [5.41, 5.74) is 5.94. The van der Waals surface area contributed by atoms with Gasteiger partial charge in [0, 0.05) is 16.9 Å². The molecule has 1 aliphatic rings. The zero-order valence-electron chi connectivity index (χ0n) is 9.93. The largest absolute Gasteiger partial charge is 0.330 e. The zero-order valence-corrected chi connectivity index (χ0v) is 10.7. The average molecular weight is 257 g/mol. The molecule has 2 N–H and O–H groups in total. The summed E-state index contributed by atoms with van der Waals surface area (Å²) >= 11 is 1.24. The van der Waals surface area contributed by atoms with Gasteiger partial charge in [0.1, 0.15) is 11.6 Å².